The maximum absolute atomic E-state index is 6.14. The van der Waals surface area contributed by atoms with E-state index in [2.05, 4.69) is 69.2 Å². The summed E-state index contributed by atoms with van der Waals surface area (Å²) in [4.78, 5) is 4.48. The molecule has 0 aliphatic rings. The average molecular weight is 298 g/mol. The fraction of sp³-hybridized carbons (Fsp3) is 0.625. The molecule has 3 nitrogen and oxygen atoms in total. The molecule has 20 heavy (non-hydrogen) atoms. The van der Waals surface area contributed by atoms with Gasteiger partial charge in [0.25, 0.3) is 0 Å². The lowest BCUT2D eigenvalue weighted by Gasteiger charge is -2.26. The molecule has 4 heteroatoms. The number of hydrogen-bond donors (Lipinski definition) is 1. The Bertz CT molecular complexity index is 424. The fourth-order valence-electron chi connectivity index (χ4n) is 1.90. The summed E-state index contributed by atoms with van der Waals surface area (Å²) in [6.07, 6.45) is 0. The number of hydrogen-bond acceptors (Lipinski definition) is 3. The summed E-state index contributed by atoms with van der Waals surface area (Å²) < 4.78 is 0. The minimum atomic E-state index is 0.0990. The van der Waals surface area contributed by atoms with Crippen molar-refractivity contribution in [2.75, 3.05) is 39.1 Å². The zero-order valence-electron chi connectivity index (χ0n) is 13.6. The predicted molar refractivity (Wildman–Crippen MR) is 89.9 cm³/mol. The van der Waals surface area contributed by atoms with Gasteiger partial charge in [-0.2, -0.15) is 0 Å². The summed E-state index contributed by atoms with van der Waals surface area (Å²) in [7, 11) is 6.32. The Morgan fingerprint density at radius 1 is 1.10 bits per heavy atom. The molecule has 1 aromatic rings. The summed E-state index contributed by atoms with van der Waals surface area (Å²) >= 11 is 6.14. The van der Waals surface area contributed by atoms with Crippen LogP contribution in [-0.4, -0.2) is 44.7 Å². The molecule has 0 saturated heterocycles. The molecule has 0 bridgehead atoms. The molecule has 1 aromatic carbocycles. The van der Waals surface area contributed by atoms with Gasteiger partial charge in [0.2, 0.25) is 0 Å². The fourth-order valence-corrected chi connectivity index (χ4v) is 2.09. The number of anilines is 1. The van der Waals surface area contributed by atoms with Crippen LogP contribution in [0.2, 0.25) is 5.02 Å². The first-order chi connectivity index (χ1) is 9.19. The topological polar surface area (TPSA) is 18.5 Å². The van der Waals surface area contributed by atoms with Crippen molar-refractivity contribution in [3.8, 4) is 0 Å². The van der Waals surface area contributed by atoms with E-state index in [1.165, 1.54) is 11.3 Å². The number of nitrogens with zero attached hydrogens (tertiary/aromatic N) is 2. The standard InChI is InChI=1S/C16H28ClN3/c1-16(2,3)18-12-13-11-14(17)7-8-15(13)20(6)10-9-19(4)5/h7-8,11,18H,9-10,12H2,1-6H3. The van der Waals surface area contributed by atoms with Crippen LogP contribution in [0.4, 0.5) is 5.69 Å². The van der Waals surface area contributed by atoms with Crippen LogP contribution in [0, 0.1) is 0 Å². The first-order valence-electron chi connectivity index (χ1n) is 7.08. The maximum Gasteiger partial charge on any atom is 0.0410 e. The van der Waals surface area contributed by atoms with Crippen LogP contribution in [0.15, 0.2) is 18.2 Å². The largest absolute Gasteiger partial charge is 0.373 e. The molecule has 0 heterocycles. The molecule has 0 saturated carbocycles. The highest BCUT2D eigenvalue weighted by atomic mass is 35.5. The number of nitrogens with one attached hydrogen (secondary N) is 1. The Balaban J connectivity index is 2.83. The molecule has 0 spiro atoms. The van der Waals surface area contributed by atoms with Gasteiger partial charge < -0.3 is 15.1 Å². The van der Waals surface area contributed by atoms with Crippen molar-refractivity contribution in [1.29, 1.82) is 0 Å². The Morgan fingerprint density at radius 3 is 2.30 bits per heavy atom. The number of benzene rings is 1. The summed E-state index contributed by atoms with van der Waals surface area (Å²) in [5, 5.41) is 4.32. The molecule has 1 N–H and O–H groups in total. The monoisotopic (exact) mass is 297 g/mol. The predicted octanol–water partition coefficient (Wildman–Crippen LogP) is 3.23. The van der Waals surface area contributed by atoms with Crippen LogP contribution < -0.4 is 10.2 Å². The highest BCUT2D eigenvalue weighted by Crippen LogP contribution is 2.24. The highest BCUT2D eigenvalue weighted by molar-refractivity contribution is 6.30. The number of rotatable bonds is 6. The molecule has 0 atom stereocenters. The van der Waals surface area contributed by atoms with Crippen molar-refractivity contribution in [3.63, 3.8) is 0 Å². The molecule has 114 valence electrons. The third kappa shape index (κ3) is 6.12. The van der Waals surface area contributed by atoms with Crippen LogP contribution >= 0.6 is 11.6 Å². The molecular weight excluding hydrogens is 270 g/mol. The average Bonchev–Trinajstić information content (AvgIpc) is 2.32. The number of likely N-dealkylation sites (N-methyl/N-ethyl adjacent to an activating group) is 2. The summed E-state index contributed by atoms with van der Waals surface area (Å²) in [5.74, 6) is 0. The van der Waals surface area contributed by atoms with Gasteiger partial charge in [0.05, 0.1) is 0 Å². The van der Waals surface area contributed by atoms with Crippen molar-refractivity contribution < 1.29 is 0 Å². The number of halogens is 1. The van der Waals surface area contributed by atoms with E-state index in [9.17, 15) is 0 Å². The summed E-state index contributed by atoms with van der Waals surface area (Å²) in [6.45, 7) is 9.38. The van der Waals surface area contributed by atoms with Crippen molar-refractivity contribution in [2.45, 2.75) is 32.9 Å². The molecule has 0 aliphatic carbocycles. The van der Waals surface area contributed by atoms with Crippen molar-refractivity contribution in [3.05, 3.63) is 28.8 Å². The van der Waals surface area contributed by atoms with Gasteiger partial charge >= 0.3 is 0 Å². The second kappa shape index (κ2) is 7.30. The van der Waals surface area contributed by atoms with Crippen molar-refractivity contribution in [1.82, 2.24) is 10.2 Å². The van der Waals surface area contributed by atoms with E-state index in [0.29, 0.717) is 0 Å². The van der Waals surface area contributed by atoms with Crippen molar-refractivity contribution in [2.24, 2.45) is 0 Å². The summed E-state index contributed by atoms with van der Waals surface area (Å²) in [6, 6.07) is 6.13. The first-order valence-corrected chi connectivity index (χ1v) is 7.46. The lowest BCUT2D eigenvalue weighted by molar-refractivity contribution is 0.415. The minimum absolute atomic E-state index is 0.0990. The Morgan fingerprint density at radius 2 is 1.75 bits per heavy atom. The van der Waals surface area contributed by atoms with Crippen molar-refractivity contribution >= 4 is 17.3 Å². The van der Waals surface area contributed by atoms with E-state index in [-0.39, 0.29) is 5.54 Å². The van der Waals surface area contributed by atoms with Gasteiger partial charge in [-0.1, -0.05) is 11.6 Å². The molecule has 0 radical (unpaired) electrons. The molecule has 0 amide bonds. The zero-order chi connectivity index (χ0) is 15.3. The zero-order valence-corrected chi connectivity index (χ0v) is 14.4. The van der Waals surface area contributed by atoms with E-state index in [4.69, 9.17) is 11.6 Å². The third-order valence-corrected chi connectivity index (χ3v) is 3.38. The third-order valence-electron chi connectivity index (χ3n) is 3.14. The van der Waals surface area contributed by atoms with Crippen LogP contribution in [0.25, 0.3) is 0 Å². The Hall–Kier alpha value is -0.770. The van der Waals surface area contributed by atoms with Gasteiger partial charge in [-0.15, -0.1) is 0 Å². The van der Waals surface area contributed by atoms with E-state index >= 15 is 0 Å². The van der Waals surface area contributed by atoms with Crippen LogP contribution in [0.3, 0.4) is 0 Å². The quantitative estimate of drug-likeness (QED) is 0.870. The minimum Gasteiger partial charge on any atom is -0.373 e. The lowest BCUT2D eigenvalue weighted by atomic mass is 10.1. The van der Waals surface area contributed by atoms with Gasteiger partial charge in [-0.3, -0.25) is 0 Å². The second-order valence-electron chi connectivity index (χ2n) is 6.60. The van der Waals surface area contributed by atoms with Gasteiger partial charge in [0.15, 0.2) is 0 Å². The second-order valence-corrected chi connectivity index (χ2v) is 7.04. The molecule has 0 fully saturated rings. The van der Waals surface area contributed by atoms with Gasteiger partial charge in [-0.05, 0) is 58.6 Å². The Labute approximate surface area is 128 Å². The maximum atomic E-state index is 6.14. The van der Waals surface area contributed by atoms with Crippen LogP contribution in [0.1, 0.15) is 26.3 Å². The SMILES string of the molecule is CN(C)CCN(C)c1ccc(Cl)cc1CNC(C)(C)C. The molecule has 0 aliphatic heterocycles. The van der Waals surface area contributed by atoms with Gasteiger partial charge in [-0.25, -0.2) is 0 Å². The molecule has 1 rings (SSSR count). The smallest absolute Gasteiger partial charge is 0.0410 e. The highest BCUT2D eigenvalue weighted by Gasteiger charge is 2.13. The first kappa shape index (κ1) is 17.3. The van der Waals surface area contributed by atoms with E-state index in [0.717, 1.165) is 24.7 Å². The molecule has 0 unspecified atom stereocenters. The van der Waals surface area contributed by atoms with E-state index in [1.807, 2.05) is 6.07 Å². The van der Waals surface area contributed by atoms with Crippen LogP contribution in [0.5, 0.6) is 0 Å². The van der Waals surface area contributed by atoms with Gasteiger partial charge in [0, 0.05) is 42.9 Å². The molecular formula is C16H28ClN3. The van der Waals surface area contributed by atoms with Gasteiger partial charge in [0.1, 0.15) is 0 Å². The lowest BCUT2D eigenvalue weighted by Crippen LogP contribution is -2.36. The van der Waals surface area contributed by atoms with E-state index < -0.39 is 0 Å². The normalized spacial score (nSPS) is 12.0. The van der Waals surface area contributed by atoms with Crippen LogP contribution in [-0.2, 0) is 6.54 Å². The molecule has 0 aromatic heterocycles. The Kier molecular flexibility index (Phi) is 6.31. The van der Waals surface area contributed by atoms with E-state index in [1.54, 1.807) is 0 Å². The summed E-state index contributed by atoms with van der Waals surface area (Å²) in [5.41, 5.74) is 2.59.